The fourth-order valence-electron chi connectivity index (χ4n) is 2.21. The van der Waals surface area contributed by atoms with Crippen molar-refractivity contribution in [2.24, 2.45) is 5.41 Å². The van der Waals surface area contributed by atoms with Gasteiger partial charge in [0.1, 0.15) is 0 Å². The van der Waals surface area contributed by atoms with Gasteiger partial charge in [-0.3, -0.25) is 4.79 Å². The van der Waals surface area contributed by atoms with Gasteiger partial charge in [0, 0.05) is 26.2 Å². The number of carboxylic acids is 1. The highest BCUT2D eigenvalue weighted by Gasteiger charge is 2.28. The second-order valence-electron chi connectivity index (χ2n) is 6.06. The van der Waals surface area contributed by atoms with Crippen LogP contribution in [0.15, 0.2) is 0 Å². The van der Waals surface area contributed by atoms with Gasteiger partial charge in [0.05, 0.1) is 5.25 Å². The van der Waals surface area contributed by atoms with Crippen molar-refractivity contribution in [2.45, 2.75) is 51.2 Å². The molecule has 1 heterocycles. The van der Waals surface area contributed by atoms with Gasteiger partial charge in [-0.25, -0.2) is 13.1 Å². The molecule has 6 nitrogen and oxygen atoms in total. The van der Waals surface area contributed by atoms with Gasteiger partial charge in [0.2, 0.25) is 10.0 Å². The smallest absolute Gasteiger partial charge is 0.303 e. The summed E-state index contributed by atoms with van der Waals surface area (Å²) in [6.45, 7) is 5.26. The fourth-order valence-corrected chi connectivity index (χ4v) is 3.64. The number of hydrogen-bond acceptors (Lipinski definition) is 4. The third-order valence-electron chi connectivity index (χ3n) is 3.73. The zero-order valence-electron chi connectivity index (χ0n) is 12.2. The number of carboxylic acid groups (broad SMARTS) is 1. The Morgan fingerprint density at radius 3 is 2.45 bits per heavy atom. The fraction of sp³-hybridized carbons (Fsp3) is 0.923. The Kier molecular flexibility index (Phi) is 6.42. The van der Waals surface area contributed by atoms with Crippen LogP contribution in [0.1, 0.15) is 46.0 Å². The number of ether oxygens (including phenoxy) is 1. The average molecular weight is 307 g/mol. The average Bonchev–Trinajstić information content (AvgIpc) is 2.37. The van der Waals surface area contributed by atoms with Crippen molar-refractivity contribution in [1.82, 2.24) is 4.72 Å². The van der Waals surface area contributed by atoms with Gasteiger partial charge < -0.3 is 9.84 Å². The van der Waals surface area contributed by atoms with Crippen LogP contribution in [0.4, 0.5) is 0 Å². The molecule has 0 amide bonds. The molecule has 0 unspecified atom stereocenters. The Hall–Kier alpha value is -0.660. The number of hydrogen-bond donors (Lipinski definition) is 2. The Morgan fingerprint density at radius 2 is 1.90 bits per heavy atom. The van der Waals surface area contributed by atoms with Gasteiger partial charge in [-0.05, 0) is 31.1 Å². The monoisotopic (exact) mass is 307 g/mol. The van der Waals surface area contributed by atoms with Gasteiger partial charge >= 0.3 is 5.97 Å². The Bertz CT molecular complexity index is 412. The van der Waals surface area contributed by atoms with Crippen LogP contribution < -0.4 is 4.72 Å². The van der Waals surface area contributed by atoms with E-state index in [4.69, 9.17) is 9.84 Å². The van der Waals surface area contributed by atoms with Crippen LogP contribution in [-0.4, -0.2) is 44.5 Å². The van der Waals surface area contributed by atoms with Crippen LogP contribution in [0.5, 0.6) is 0 Å². The summed E-state index contributed by atoms with van der Waals surface area (Å²) in [5, 5.41) is 8.32. The molecule has 0 radical (unpaired) electrons. The summed E-state index contributed by atoms with van der Waals surface area (Å²) in [4.78, 5) is 10.6. The largest absolute Gasteiger partial charge is 0.481 e. The van der Waals surface area contributed by atoms with Crippen molar-refractivity contribution >= 4 is 16.0 Å². The molecule has 20 heavy (non-hydrogen) atoms. The molecule has 0 atom stereocenters. The highest BCUT2D eigenvalue weighted by atomic mass is 32.2. The molecule has 1 rings (SSSR count). The number of rotatable bonds is 8. The summed E-state index contributed by atoms with van der Waals surface area (Å²) in [6, 6.07) is 0. The lowest BCUT2D eigenvalue weighted by molar-refractivity contribution is -0.137. The molecule has 0 aliphatic carbocycles. The van der Waals surface area contributed by atoms with Crippen LogP contribution in [0.3, 0.4) is 0 Å². The second-order valence-corrected chi connectivity index (χ2v) is 8.10. The molecule has 0 aromatic carbocycles. The van der Waals surface area contributed by atoms with Gasteiger partial charge in [-0.15, -0.1) is 0 Å². The first-order valence-corrected chi connectivity index (χ1v) is 8.56. The molecule has 1 aliphatic rings. The minimum atomic E-state index is -3.28. The first-order valence-electron chi connectivity index (χ1n) is 7.01. The van der Waals surface area contributed by atoms with E-state index in [1.54, 1.807) is 0 Å². The first-order chi connectivity index (χ1) is 9.23. The summed E-state index contributed by atoms with van der Waals surface area (Å²) in [5.74, 6) is -0.819. The van der Waals surface area contributed by atoms with E-state index in [-0.39, 0.29) is 17.1 Å². The summed E-state index contributed by atoms with van der Waals surface area (Å²) < 4.78 is 32.0. The minimum Gasteiger partial charge on any atom is -0.481 e. The predicted octanol–water partition coefficient (Wildman–Crippen LogP) is 1.37. The molecular weight excluding hydrogens is 282 g/mol. The lowest BCUT2D eigenvalue weighted by atomic mass is 9.84. The molecule has 2 N–H and O–H groups in total. The number of nitrogens with one attached hydrogen (secondary N) is 1. The molecule has 118 valence electrons. The summed E-state index contributed by atoms with van der Waals surface area (Å²) in [6.07, 6.45) is 2.36. The predicted molar refractivity (Wildman–Crippen MR) is 76.0 cm³/mol. The van der Waals surface area contributed by atoms with Crippen molar-refractivity contribution in [3.8, 4) is 0 Å². The molecule has 0 saturated carbocycles. The standard InChI is InChI=1S/C13H25NO5S/c1-13(2,6-3-12(15)16)7-8-14-20(17,18)11-4-9-19-10-5-11/h11,14H,3-10H2,1-2H3,(H,15,16). The zero-order chi connectivity index (χ0) is 15.2. The first kappa shape index (κ1) is 17.4. The van der Waals surface area contributed by atoms with E-state index in [9.17, 15) is 13.2 Å². The van der Waals surface area contributed by atoms with E-state index in [1.807, 2.05) is 13.8 Å². The van der Waals surface area contributed by atoms with Crippen molar-refractivity contribution < 1.29 is 23.1 Å². The van der Waals surface area contributed by atoms with Crippen LogP contribution in [0.2, 0.25) is 0 Å². The van der Waals surface area contributed by atoms with Gasteiger partial charge in [-0.2, -0.15) is 0 Å². The molecule has 1 fully saturated rings. The van der Waals surface area contributed by atoms with Crippen LogP contribution in [-0.2, 0) is 19.6 Å². The van der Waals surface area contributed by atoms with Crippen LogP contribution in [0, 0.1) is 5.41 Å². The van der Waals surface area contributed by atoms with E-state index < -0.39 is 16.0 Å². The maximum Gasteiger partial charge on any atom is 0.303 e. The Labute approximate surface area is 120 Å². The highest BCUT2D eigenvalue weighted by molar-refractivity contribution is 7.90. The third kappa shape index (κ3) is 6.19. The topological polar surface area (TPSA) is 92.7 Å². The maximum absolute atomic E-state index is 12.1. The summed E-state index contributed by atoms with van der Waals surface area (Å²) in [5.41, 5.74) is -0.184. The van der Waals surface area contributed by atoms with Gasteiger partial charge in [0.15, 0.2) is 0 Å². The number of aliphatic carboxylic acids is 1. The van der Waals surface area contributed by atoms with E-state index in [0.717, 1.165) is 0 Å². The minimum absolute atomic E-state index is 0.111. The van der Waals surface area contributed by atoms with Gasteiger partial charge in [0.25, 0.3) is 0 Å². The van der Waals surface area contributed by atoms with Crippen molar-refractivity contribution in [2.75, 3.05) is 19.8 Å². The third-order valence-corrected chi connectivity index (χ3v) is 5.68. The summed E-state index contributed by atoms with van der Waals surface area (Å²) >= 11 is 0. The van der Waals surface area contributed by atoms with Crippen LogP contribution in [0.25, 0.3) is 0 Å². The van der Waals surface area contributed by atoms with Crippen molar-refractivity contribution in [3.05, 3.63) is 0 Å². The zero-order valence-corrected chi connectivity index (χ0v) is 13.0. The molecule has 7 heteroatoms. The Morgan fingerprint density at radius 1 is 1.30 bits per heavy atom. The molecular formula is C13H25NO5S. The summed E-state index contributed by atoms with van der Waals surface area (Å²) in [7, 11) is -3.28. The maximum atomic E-state index is 12.1. The van der Waals surface area contributed by atoms with Crippen molar-refractivity contribution in [3.63, 3.8) is 0 Å². The van der Waals surface area contributed by atoms with E-state index >= 15 is 0 Å². The molecule has 0 spiro atoms. The molecule has 0 bridgehead atoms. The molecule has 0 aromatic rings. The SMILES string of the molecule is CC(C)(CCNS(=O)(=O)C1CCOCC1)CCC(=O)O. The molecule has 1 saturated heterocycles. The highest BCUT2D eigenvalue weighted by Crippen LogP contribution is 2.26. The van der Waals surface area contributed by atoms with E-state index in [2.05, 4.69) is 4.72 Å². The number of carbonyl (C=O) groups is 1. The lowest BCUT2D eigenvalue weighted by Crippen LogP contribution is -2.39. The molecule has 1 aliphatic heterocycles. The van der Waals surface area contributed by atoms with Gasteiger partial charge in [-0.1, -0.05) is 13.8 Å². The van der Waals surface area contributed by atoms with Crippen molar-refractivity contribution in [1.29, 1.82) is 0 Å². The normalized spacial score (nSPS) is 18.1. The molecule has 0 aromatic heterocycles. The lowest BCUT2D eigenvalue weighted by Gasteiger charge is -2.26. The quantitative estimate of drug-likeness (QED) is 0.706. The Balaban J connectivity index is 2.36. The van der Waals surface area contributed by atoms with Crippen LogP contribution >= 0.6 is 0 Å². The second kappa shape index (κ2) is 7.38. The van der Waals surface area contributed by atoms with E-state index in [1.165, 1.54) is 0 Å². The number of sulfonamides is 1. The van der Waals surface area contributed by atoms with E-state index in [0.29, 0.717) is 45.4 Å².